The maximum absolute atomic E-state index is 13.1. The average molecular weight is 298 g/mol. The normalized spacial score (nSPS) is 13.0. The van der Waals surface area contributed by atoms with Gasteiger partial charge in [-0.2, -0.15) is 0 Å². The highest BCUT2D eigenvalue weighted by atomic mass is 19.1. The van der Waals surface area contributed by atoms with Crippen LogP contribution in [0.2, 0.25) is 0 Å². The van der Waals surface area contributed by atoms with E-state index in [1.807, 2.05) is 5.32 Å². The first-order valence-electron chi connectivity index (χ1n) is 6.03. The molecular weight excluding hydrogens is 283 g/mol. The number of rotatable bonds is 7. The topological polar surface area (TPSA) is 119 Å². The van der Waals surface area contributed by atoms with Gasteiger partial charge in [0, 0.05) is 6.42 Å². The maximum Gasteiger partial charge on any atom is 0.408 e. The SMILES string of the molecule is NC(=O)[C@@H](F)C[C@H](NC(=O)OCc1ccccc1)C(=O)O. The van der Waals surface area contributed by atoms with Gasteiger partial charge in [-0.1, -0.05) is 30.3 Å². The van der Waals surface area contributed by atoms with Gasteiger partial charge in [0.1, 0.15) is 12.6 Å². The fourth-order valence-electron chi connectivity index (χ4n) is 1.45. The number of carbonyl (C=O) groups is 3. The second-order valence-corrected chi connectivity index (χ2v) is 4.20. The molecule has 2 amide bonds. The van der Waals surface area contributed by atoms with Crippen LogP contribution in [0.1, 0.15) is 12.0 Å². The van der Waals surface area contributed by atoms with Crippen molar-refractivity contribution in [2.24, 2.45) is 5.73 Å². The average Bonchev–Trinajstić information content (AvgIpc) is 2.45. The molecule has 0 heterocycles. The van der Waals surface area contributed by atoms with Gasteiger partial charge in [0.2, 0.25) is 0 Å². The Hall–Kier alpha value is -2.64. The molecule has 0 spiro atoms. The summed E-state index contributed by atoms with van der Waals surface area (Å²) in [6.07, 6.45) is -3.95. The fourth-order valence-corrected chi connectivity index (χ4v) is 1.45. The number of hydrogen-bond acceptors (Lipinski definition) is 4. The molecule has 1 rings (SSSR count). The number of ether oxygens (including phenoxy) is 1. The van der Waals surface area contributed by atoms with Gasteiger partial charge in [-0.15, -0.1) is 0 Å². The number of carboxylic acids is 1. The quantitative estimate of drug-likeness (QED) is 0.680. The predicted molar refractivity (Wildman–Crippen MR) is 69.9 cm³/mol. The number of amides is 2. The molecule has 1 aromatic rings. The first-order chi connectivity index (χ1) is 9.90. The van der Waals surface area contributed by atoms with Crippen molar-refractivity contribution in [2.45, 2.75) is 25.2 Å². The summed E-state index contributed by atoms with van der Waals surface area (Å²) in [4.78, 5) is 32.9. The summed E-state index contributed by atoms with van der Waals surface area (Å²) in [5, 5.41) is 10.8. The van der Waals surface area contributed by atoms with E-state index in [0.29, 0.717) is 5.56 Å². The van der Waals surface area contributed by atoms with Crippen molar-refractivity contribution in [1.82, 2.24) is 5.32 Å². The molecular formula is C13H15FN2O5. The molecule has 1 aromatic carbocycles. The lowest BCUT2D eigenvalue weighted by atomic mass is 10.1. The number of carboxylic acid groups (broad SMARTS) is 1. The number of hydrogen-bond donors (Lipinski definition) is 3. The second kappa shape index (κ2) is 7.83. The summed E-state index contributed by atoms with van der Waals surface area (Å²) >= 11 is 0. The summed E-state index contributed by atoms with van der Waals surface area (Å²) in [5.74, 6) is -2.78. The van der Waals surface area contributed by atoms with E-state index in [-0.39, 0.29) is 6.61 Å². The summed E-state index contributed by atoms with van der Waals surface area (Å²) in [6.45, 7) is -0.0616. The number of aliphatic carboxylic acids is 1. The lowest BCUT2D eigenvalue weighted by Crippen LogP contribution is -2.44. The zero-order valence-corrected chi connectivity index (χ0v) is 11.0. The van der Waals surface area contributed by atoms with E-state index in [4.69, 9.17) is 15.6 Å². The Bertz CT molecular complexity index is 509. The highest BCUT2D eigenvalue weighted by Gasteiger charge is 2.27. The number of nitrogens with two attached hydrogens (primary N) is 1. The number of alkyl carbamates (subject to hydrolysis) is 1. The third kappa shape index (κ3) is 5.89. The van der Waals surface area contributed by atoms with Crippen molar-refractivity contribution in [1.29, 1.82) is 0 Å². The monoisotopic (exact) mass is 298 g/mol. The molecule has 0 aliphatic heterocycles. The first kappa shape index (κ1) is 16.4. The third-order valence-corrected chi connectivity index (χ3v) is 2.55. The van der Waals surface area contributed by atoms with Crippen LogP contribution in [0.15, 0.2) is 30.3 Å². The second-order valence-electron chi connectivity index (χ2n) is 4.20. The van der Waals surface area contributed by atoms with Crippen LogP contribution in [0.5, 0.6) is 0 Å². The Balaban J connectivity index is 2.49. The van der Waals surface area contributed by atoms with Gasteiger partial charge in [0.15, 0.2) is 6.17 Å². The Kier molecular flexibility index (Phi) is 6.12. The highest BCUT2D eigenvalue weighted by molar-refractivity contribution is 5.83. The predicted octanol–water partition coefficient (Wildman–Crippen LogP) is 0.579. The standard InChI is InChI=1S/C13H15FN2O5/c14-9(11(15)17)6-10(12(18)19)16-13(20)21-7-8-4-2-1-3-5-8/h1-5,9-10H,6-7H2,(H2,15,17)(H,16,20)(H,18,19)/t9-,10-/m0/s1. The van der Waals surface area contributed by atoms with E-state index in [1.54, 1.807) is 30.3 Å². The molecule has 0 aliphatic rings. The third-order valence-electron chi connectivity index (χ3n) is 2.55. The van der Waals surface area contributed by atoms with Crippen LogP contribution in [0, 0.1) is 0 Å². The van der Waals surface area contributed by atoms with E-state index >= 15 is 0 Å². The van der Waals surface area contributed by atoms with E-state index in [0.717, 1.165) is 0 Å². The zero-order valence-electron chi connectivity index (χ0n) is 11.0. The van der Waals surface area contributed by atoms with Gasteiger partial charge in [-0.25, -0.2) is 14.0 Å². The molecule has 0 bridgehead atoms. The molecule has 4 N–H and O–H groups in total. The first-order valence-corrected chi connectivity index (χ1v) is 6.03. The molecule has 0 saturated heterocycles. The molecule has 0 unspecified atom stereocenters. The van der Waals surface area contributed by atoms with Crippen molar-refractivity contribution >= 4 is 18.0 Å². The van der Waals surface area contributed by atoms with E-state index in [2.05, 4.69) is 0 Å². The van der Waals surface area contributed by atoms with Gasteiger partial charge >= 0.3 is 12.1 Å². The lowest BCUT2D eigenvalue weighted by molar-refractivity contribution is -0.140. The van der Waals surface area contributed by atoms with Crippen LogP contribution in [-0.2, 0) is 20.9 Å². The van der Waals surface area contributed by atoms with E-state index < -0.39 is 36.6 Å². The van der Waals surface area contributed by atoms with E-state index in [9.17, 15) is 18.8 Å². The van der Waals surface area contributed by atoms with Crippen molar-refractivity contribution < 1.29 is 28.6 Å². The smallest absolute Gasteiger partial charge is 0.408 e. The number of nitrogens with one attached hydrogen (secondary N) is 1. The minimum absolute atomic E-state index is 0.0616. The number of benzene rings is 1. The summed E-state index contributed by atoms with van der Waals surface area (Å²) in [5.41, 5.74) is 5.41. The van der Waals surface area contributed by atoms with Gasteiger partial charge in [0.25, 0.3) is 5.91 Å². The number of alkyl halides is 1. The van der Waals surface area contributed by atoms with Crippen LogP contribution in [0.25, 0.3) is 0 Å². The van der Waals surface area contributed by atoms with Crippen LogP contribution in [-0.4, -0.2) is 35.3 Å². The molecule has 21 heavy (non-hydrogen) atoms. The van der Waals surface area contributed by atoms with Crippen LogP contribution in [0.4, 0.5) is 9.18 Å². The fraction of sp³-hybridized carbons (Fsp3) is 0.308. The largest absolute Gasteiger partial charge is 0.480 e. The maximum atomic E-state index is 13.1. The Morgan fingerprint density at radius 3 is 2.43 bits per heavy atom. The number of carbonyl (C=O) groups excluding carboxylic acids is 2. The molecule has 0 saturated carbocycles. The number of primary amides is 1. The van der Waals surface area contributed by atoms with E-state index in [1.165, 1.54) is 0 Å². The molecule has 8 heteroatoms. The Morgan fingerprint density at radius 1 is 1.29 bits per heavy atom. The molecule has 0 radical (unpaired) electrons. The molecule has 0 aromatic heterocycles. The van der Waals surface area contributed by atoms with Gasteiger partial charge in [0.05, 0.1) is 0 Å². The highest BCUT2D eigenvalue weighted by Crippen LogP contribution is 2.05. The Labute approximate surface area is 119 Å². The van der Waals surface area contributed by atoms with Gasteiger partial charge < -0.3 is 20.9 Å². The zero-order chi connectivity index (χ0) is 15.8. The summed E-state index contributed by atoms with van der Waals surface area (Å²) < 4.78 is 17.9. The van der Waals surface area contributed by atoms with Crippen molar-refractivity contribution in [2.75, 3.05) is 0 Å². The van der Waals surface area contributed by atoms with Crippen molar-refractivity contribution in [3.05, 3.63) is 35.9 Å². The van der Waals surface area contributed by atoms with Crippen LogP contribution >= 0.6 is 0 Å². The Morgan fingerprint density at radius 2 is 1.90 bits per heavy atom. The van der Waals surface area contributed by atoms with Crippen LogP contribution in [0.3, 0.4) is 0 Å². The lowest BCUT2D eigenvalue weighted by Gasteiger charge is -2.15. The molecule has 2 atom stereocenters. The summed E-state index contributed by atoms with van der Waals surface area (Å²) in [6, 6.07) is 7.11. The van der Waals surface area contributed by atoms with Crippen molar-refractivity contribution in [3.8, 4) is 0 Å². The van der Waals surface area contributed by atoms with Gasteiger partial charge in [-0.05, 0) is 5.56 Å². The minimum atomic E-state index is -2.17. The summed E-state index contributed by atoms with van der Waals surface area (Å²) in [7, 11) is 0. The molecule has 7 nitrogen and oxygen atoms in total. The number of halogens is 1. The van der Waals surface area contributed by atoms with Crippen LogP contribution < -0.4 is 11.1 Å². The molecule has 0 fully saturated rings. The van der Waals surface area contributed by atoms with Crippen molar-refractivity contribution in [3.63, 3.8) is 0 Å². The molecule has 114 valence electrons. The van der Waals surface area contributed by atoms with Gasteiger partial charge in [-0.3, -0.25) is 4.79 Å². The minimum Gasteiger partial charge on any atom is -0.480 e. The molecule has 0 aliphatic carbocycles.